The summed E-state index contributed by atoms with van der Waals surface area (Å²) in [6, 6.07) is 7.50. The predicted octanol–water partition coefficient (Wildman–Crippen LogP) is 0.0722. The van der Waals surface area contributed by atoms with Crippen molar-refractivity contribution in [2.24, 2.45) is 5.14 Å². The Morgan fingerprint density at radius 1 is 1.16 bits per heavy atom. The quantitative estimate of drug-likeness (QED) is 0.491. The molecule has 0 amide bonds. The van der Waals surface area contributed by atoms with E-state index >= 15 is 0 Å². The zero-order valence-corrected chi connectivity index (χ0v) is 13.9. The minimum Gasteiger partial charge on any atom is -0.373 e. The van der Waals surface area contributed by atoms with Crippen LogP contribution in [0.4, 0.5) is 23.4 Å². The van der Waals surface area contributed by atoms with Crippen LogP contribution in [0.15, 0.2) is 41.6 Å². The van der Waals surface area contributed by atoms with Gasteiger partial charge in [-0.1, -0.05) is 0 Å². The van der Waals surface area contributed by atoms with E-state index in [-0.39, 0.29) is 16.8 Å². The normalized spacial score (nSPS) is 11.3. The first-order valence-electron chi connectivity index (χ1n) is 6.99. The summed E-state index contributed by atoms with van der Waals surface area (Å²) in [5.41, 5.74) is 6.44. The smallest absolute Gasteiger partial charge is 0.248 e. The third-order valence-corrected chi connectivity index (χ3v) is 4.13. The summed E-state index contributed by atoms with van der Waals surface area (Å²) in [5, 5.41) is 15.1. The molecule has 3 rings (SSSR count). The topological polar surface area (TPSA) is 167 Å². The predicted molar refractivity (Wildman–Crippen MR) is 92.0 cm³/mol. The number of anilines is 4. The highest BCUT2D eigenvalue weighted by Crippen LogP contribution is 2.19. The molecule has 0 fully saturated rings. The number of nitrogen functional groups attached to an aromatic ring is 1. The molecular formula is C13H15N9O2S. The lowest BCUT2D eigenvalue weighted by molar-refractivity contribution is 0.598. The third-order valence-electron chi connectivity index (χ3n) is 3.20. The van der Waals surface area contributed by atoms with E-state index in [9.17, 15) is 8.42 Å². The fourth-order valence-electron chi connectivity index (χ4n) is 2.00. The Balaban J connectivity index is 1.85. The summed E-state index contributed by atoms with van der Waals surface area (Å²) in [7, 11) is -2.01. The van der Waals surface area contributed by atoms with Gasteiger partial charge in [0.05, 0.1) is 4.90 Å². The van der Waals surface area contributed by atoms with Crippen LogP contribution in [0.3, 0.4) is 0 Å². The van der Waals surface area contributed by atoms with Crippen molar-refractivity contribution in [3.8, 4) is 5.82 Å². The largest absolute Gasteiger partial charge is 0.373 e. The van der Waals surface area contributed by atoms with E-state index in [2.05, 4.69) is 30.7 Å². The standard InChI is InChI=1S/C13H15N9O2S/c1-16-10-6-11(18-7-17-10)22-12(14)20-13(21-22)19-8-2-4-9(5-3-8)25(15,23)24/h2-7H,1H3,(H2,15,23,24)(H,16,17,18)(H3,14,19,20,21). The van der Waals surface area contributed by atoms with Gasteiger partial charge < -0.3 is 16.4 Å². The molecule has 11 nitrogen and oxygen atoms in total. The fourth-order valence-corrected chi connectivity index (χ4v) is 2.52. The summed E-state index contributed by atoms with van der Waals surface area (Å²) in [6.07, 6.45) is 1.38. The molecule has 0 unspecified atom stereocenters. The molecule has 0 atom stereocenters. The molecule has 25 heavy (non-hydrogen) atoms. The van der Waals surface area contributed by atoms with Crippen LogP contribution in [0.5, 0.6) is 0 Å². The molecule has 0 saturated heterocycles. The van der Waals surface area contributed by atoms with Gasteiger partial charge in [0.15, 0.2) is 5.82 Å². The first-order valence-corrected chi connectivity index (χ1v) is 8.54. The maximum atomic E-state index is 11.3. The molecule has 2 heterocycles. The first kappa shape index (κ1) is 16.6. The molecule has 1 aromatic carbocycles. The highest BCUT2D eigenvalue weighted by Gasteiger charge is 2.12. The first-order chi connectivity index (χ1) is 11.9. The van der Waals surface area contributed by atoms with Gasteiger partial charge in [-0.15, -0.1) is 5.10 Å². The van der Waals surface area contributed by atoms with Crippen LogP contribution in [0, 0.1) is 0 Å². The monoisotopic (exact) mass is 361 g/mol. The van der Waals surface area contributed by atoms with Crippen LogP contribution in [-0.4, -0.2) is 40.2 Å². The van der Waals surface area contributed by atoms with Crippen LogP contribution < -0.4 is 21.5 Å². The van der Waals surface area contributed by atoms with Crippen molar-refractivity contribution in [3.63, 3.8) is 0 Å². The van der Waals surface area contributed by atoms with E-state index in [0.29, 0.717) is 17.3 Å². The van der Waals surface area contributed by atoms with Gasteiger partial charge >= 0.3 is 0 Å². The van der Waals surface area contributed by atoms with E-state index in [1.54, 1.807) is 25.2 Å². The van der Waals surface area contributed by atoms with Crippen LogP contribution in [0.25, 0.3) is 5.82 Å². The van der Waals surface area contributed by atoms with Gasteiger partial charge in [0.2, 0.25) is 21.9 Å². The van der Waals surface area contributed by atoms with E-state index in [4.69, 9.17) is 10.9 Å². The molecule has 130 valence electrons. The Labute approximate surface area is 143 Å². The van der Waals surface area contributed by atoms with Crippen LogP contribution in [0.2, 0.25) is 0 Å². The molecule has 0 aliphatic rings. The van der Waals surface area contributed by atoms with Gasteiger partial charge in [0, 0.05) is 18.8 Å². The van der Waals surface area contributed by atoms with E-state index < -0.39 is 10.0 Å². The Morgan fingerprint density at radius 3 is 2.52 bits per heavy atom. The minimum atomic E-state index is -3.74. The number of hydrogen-bond acceptors (Lipinski definition) is 9. The number of rotatable bonds is 5. The summed E-state index contributed by atoms with van der Waals surface area (Å²) in [4.78, 5) is 12.2. The summed E-state index contributed by atoms with van der Waals surface area (Å²) >= 11 is 0. The Bertz CT molecular complexity index is 999. The van der Waals surface area contributed by atoms with Crippen molar-refractivity contribution in [2.75, 3.05) is 23.4 Å². The van der Waals surface area contributed by atoms with Gasteiger partial charge in [-0.05, 0) is 24.3 Å². The number of sulfonamides is 1. The van der Waals surface area contributed by atoms with Crippen molar-refractivity contribution >= 4 is 33.4 Å². The number of benzene rings is 1. The molecule has 0 saturated carbocycles. The SMILES string of the molecule is CNc1cc(-n2nc(Nc3ccc(S(N)(=O)=O)cc3)nc2N)ncn1. The summed E-state index contributed by atoms with van der Waals surface area (Å²) in [5.74, 6) is 1.41. The molecule has 0 bridgehead atoms. The minimum absolute atomic E-state index is 0.0108. The number of nitrogens with two attached hydrogens (primary N) is 2. The number of primary sulfonamides is 1. The van der Waals surface area contributed by atoms with Gasteiger partial charge in [0.25, 0.3) is 0 Å². The zero-order chi connectivity index (χ0) is 18.0. The average molecular weight is 361 g/mol. The summed E-state index contributed by atoms with van der Waals surface area (Å²) in [6.45, 7) is 0. The van der Waals surface area contributed by atoms with Crippen molar-refractivity contribution in [2.45, 2.75) is 4.90 Å². The van der Waals surface area contributed by atoms with Gasteiger partial charge in [-0.3, -0.25) is 0 Å². The van der Waals surface area contributed by atoms with Crippen molar-refractivity contribution in [1.29, 1.82) is 0 Å². The molecule has 0 spiro atoms. The highest BCUT2D eigenvalue weighted by atomic mass is 32.2. The number of hydrogen-bond donors (Lipinski definition) is 4. The molecule has 0 aliphatic carbocycles. The van der Waals surface area contributed by atoms with E-state index in [1.807, 2.05) is 0 Å². The lowest BCUT2D eigenvalue weighted by atomic mass is 10.3. The van der Waals surface area contributed by atoms with E-state index in [0.717, 1.165) is 0 Å². The van der Waals surface area contributed by atoms with Crippen LogP contribution in [-0.2, 0) is 10.0 Å². The second kappa shape index (κ2) is 6.33. The average Bonchev–Trinajstić information content (AvgIpc) is 2.95. The lowest BCUT2D eigenvalue weighted by Gasteiger charge is -2.04. The van der Waals surface area contributed by atoms with Crippen molar-refractivity contribution in [3.05, 3.63) is 36.7 Å². The maximum absolute atomic E-state index is 11.3. The van der Waals surface area contributed by atoms with Crippen molar-refractivity contribution in [1.82, 2.24) is 24.7 Å². The van der Waals surface area contributed by atoms with E-state index in [1.165, 1.54) is 23.1 Å². The lowest BCUT2D eigenvalue weighted by Crippen LogP contribution is -2.11. The zero-order valence-electron chi connectivity index (χ0n) is 13.1. The third kappa shape index (κ3) is 3.64. The molecule has 2 aromatic heterocycles. The van der Waals surface area contributed by atoms with Gasteiger partial charge in [0.1, 0.15) is 12.1 Å². The van der Waals surface area contributed by atoms with Gasteiger partial charge in [-0.2, -0.15) is 9.67 Å². The number of nitrogens with zero attached hydrogens (tertiary/aromatic N) is 5. The molecule has 3 aromatic rings. The van der Waals surface area contributed by atoms with Crippen molar-refractivity contribution < 1.29 is 8.42 Å². The van der Waals surface area contributed by atoms with Gasteiger partial charge in [-0.25, -0.2) is 23.5 Å². The summed E-state index contributed by atoms with van der Waals surface area (Å²) < 4.78 is 23.9. The molecule has 6 N–H and O–H groups in total. The Hall–Kier alpha value is -3.25. The van der Waals surface area contributed by atoms with Crippen LogP contribution >= 0.6 is 0 Å². The number of nitrogens with one attached hydrogen (secondary N) is 2. The molecule has 0 aliphatic heterocycles. The molecule has 12 heteroatoms. The fraction of sp³-hybridized carbons (Fsp3) is 0.0769. The molecule has 0 radical (unpaired) electrons. The number of aromatic nitrogens is 5. The Kier molecular flexibility index (Phi) is 4.21. The second-order valence-electron chi connectivity index (χ2n) is 4.91. The van der Waals surface area contributed by atoms with Crippen LogP contribution in [0.1, 0.15) is 0 Å². The maximum Gasteiger partial charge on any atom is 0.248 e. The highest BCUT2D eigenvalue weighted by molar-refractivity contribution is 7.89. The Morgan fingerprint density at radius 2 is 1.88 bits per heavy atom. The molecular weight excluding hydrogens is 346 g/mol. The second-order valence-corrected chi connectivity index (χ2v) is 6.47.